The second kappa shape index (κ2) is 9.52. The molecule has 176 valence electrons. The molecule has 0 atom stereocenters. The van der Waals surface area contributed by atoms with Crippen LogP contribution in [0.2, 0.25) is 5.02 Å². The summed E-state index contributed by atoms with van der Waals surface area (Å²) in [6.45, 7) is 2.07. The van der Waals surface area contributed by atoms with Crippen LogP contribution in [0.5, 0.6) is 5.75 Å². The summed E-state index contributed by atoms with van der Waals surface area (Å²) >= 11 is 6.49. The van der Waals surface area contributed by atoms with E-state index in [4.69, 9.17) is 21.3 Å². The van der Waals surface area contributed by atoms with Gasteiger partial charge in [-0.25, -0.2) is 9.97 Å². The molecule has 0 bridgehead atoms. The number of aromatic nitrogens is 3. The minimum Gasteiger partial charge on any atom is -0.494 e. The number of aromatic amines is 1. The molecule has 7 nitrogen and oxygen atoms in total. The van der Waals surface area contributed by atoms with Crippen molar-refractivity contribution in [2.24, 2.45) is 0 Å². The number of hydrogen-bond donors (Lipinski definition) is 2. The molecule has 2 N–H and O–H groups in total. The standard InChI is InChI=1S/C26H29ClN6O/c1-32(2)17-10-12-33(13-11-17)18-8-9-23(24(14-18)34-3)30-26-29-16-21(27)25(31-26)20-15-28-22-7-5-4-6-19(20)22/h4-9,14-17,28H,10-13H2,1-3H3,(H,29,30,31). The third kappa shape index (κ3) is 4.41. The number of hydrogen-bond acceptors (Lipinski definition) is 6. The van der Waals surface area contributed by atoms with Gasteiger partial charge in [0.05, 0.1) is 29.7 Å². The number of fused-ring (bicyclic) bond motifs is 1. The van der Waals surface area contributed by atoms with Gasteiger partial charge in [-0.15, -0.1) is 0 Å². The number of rotatable bonds is 6. The summed E-state index contributed by atoms with van der Waals surface area (Å²) in [5.74, 6) is 1.21. The van der Waals surface area contributed by atoms with Gasteiger partial charge in [0.15, 0.2) is 0 Å². The fourth-order valence-electron chi connectivity index (χ4n) is 4.62. The van der Waals surface area contributed by atoms with Gasteiger partial charge in [-0.1, -0.05) is 29.8 Å². The third-order valence-corrected chi connectivity index (χ3v) is 6.86. The Labute approximate surface area is 204 Å². The molecule has 1 fully saturated rings. The number of nitrogens with zero attached hydrogens (tertiary/aromatic N) is 4. The Hall–Kier alpha value is -3.29. The summed E-state index contributed by atoms with van der Waals surface area (Å²) < 4.78 is 5.71. The first kappa shape index (κ1) is 22.5. The number of ether oxygens (including phenoxy) is 1. The Morgan fingerprint density at radius 1 is 1.15 bits per heavy atom. The Morgan fingerprint density at radius 3 is 2.71 bits per heavy atom. The molecular formula is C26H29ClN6O. The maximum atomic E-state index is 6.49. The summed E-state index contributed by atoms with van der Waals surface area (Å²) in [4.78, 5) is 17.1. The Balaban J connectivity index is 1.39. The van der Waals surface area contributed by atoms with Crippen molar-refractivity contribution in [1.82, 2.24) is 19.9 Å². The first-order chi connectivity index (χ1) is 16.5. The van der Waals surface area contributed by atoms with Gasteiger partial charge in [-0.2, -0.15) is 0 Å². The fourth-order valence-corrected chi connectivity index (χ4v) is 4.82. The lowest BCUT2D eigenvalue weighted by Gasteiger charge is -2.36. The summed E-state index contributed by atoms with van der Waals surface area (Å²) in [5.41, 5.74) is 4.62. The van der Waals surface area contributed by atoms with Crippen molar-refractivity contribution in [3.05, 3.63) is 59.9 Å². The van der Waals surface area contributed by atoms with E-state index in [0.29, 0.717) is 22.7 Å². The van der Waals surface area contributed by atoms with E-state index >= 15 is 0 Å². The molecule has 4 aromatic rings. The zero-order valence-corrected chi connectivity index (χ0v) is 20.4. The van der Waals surface area contributed by atoms with Crippen molar-refractivity contribution in [2.45, 2.75) is 18.9 Å². The molecule has 0 unspecified atom stereocenters. The highest BCUT2D eigenvalue weighted by Crippen LogP contribution is 2.35. The molecule has 2 aromatic heterocycles. The minimum absolute atomic E-state index is 0.461. The smallest absolute Gasteiger partial charge is 0.227 e. The molecule has 0 radical (unpaired) electrons. The van der Waals surface area contributed by atoms with Crippen LogP contribution in [0.3, 0.4) is 0 Å². The average molecular weight is 477 g/mol. The Kier molecular flexibility index (Phi) is 6.30. The van der Waals surface area contributed by atoms with E-state index in [1.54, 1.807) is 13.3 Å². The van der Waals surface area contributed by atoms with Gasteiger partial charge < -0.3 is 24.8 Å². The second-order valence-electron chi connectivity index (χ2n) is 8.83. The molecule has 8 heteroatoms. The molecule has 3 heterocycles. The summed E-state index contributed by atoms with van der Waals surface area (Å²) in [7, 11) is 6.00. The number of para-hydroxylation sites is 1. The van der Waals surface area contributed by atoms with Gasteiger partial charge in [0.25, 0.3) is 0 Å². The van der Waals surface area contributed by atoms with Crippen molar-refractivity contribution >= 4 is 39.8 Å². The monoisotopic (exact) mass is 476 g/mol. The molecule has 0 saturated carbocycles. The normalized spacial score (nSPS) is 14.7. The summed E-state index contributed by atoms with van der Waals surface area (Å²) in [5, 5.41) is 4.87. The second-order valence-corrected chi connectivity index (χ2v) is 9.24. The molecule has 1 aliphatic rings. The van der Waals surface area contributed by atoms with E-state index in [1.165, 1.54) is 0 Å². The lowest BCUT2D eigenvalue weighted by Crippen LogP contribution is -2.41. The van der Waals surface area contributed by atoms with E-state index < -0.39 is 0 Å². The van der Waals surface area contributed by atoms with Crippen molar-refractivity contribution < 1.29 is 4.74 Å². The topological polar surface area (TPSA) is 69.3 Å². The molecule has 0 aliphatic carbocycles. The third-order valence-electron chi connectivity index (χ3n) is 6.58. The predicted molar refractivity (Wildman–Crippen MR) is 140 cm³/mol. The predicted octanol–water partition coefficient (Wildman–Crippen LogP) is 5.56. The number of nitrogens with one attached hydrogen (secondary N) is 2. The number of anilines is 3. The van der Waals surface area contributed by atoms with E-state index in [-0.39, 0.29) is 0 Å². The zero-order chi connectivity index (χ0) is 23.7. The number of methoxy groups -OCH3 is 1. The Morgan fingerprint density at radius 2 is 1.94 bits per heavy atom. The van der Waals surface area contributed by atoms with Crippen molar-refractivity contribution in [3.63, 3.8) is 0 Å². The molecule has 34 heavy (non-hydrogen) atoms. The van der Waals surface area contributed by atoms with Crippen molar-refractivity contribution in [3.8, 4) is 17.0 Å². The average Bonchev–Trinajstić information content (AvgIpc) is 3.29. The van der Waals surface area contributed by atoms with Crippen LogP contribution in [0.15, 0.2) is 54.9 Å². The number of H-pyrrole nitrogens is 1. The van der Waals surface area contributed by atoms with Gasteiger partial charge in [0, 0.05) is 53.5 Å². The SMILES string of the molecule is COc1cc(N2CCC(N(C)C)CC2)ccc1Nc1ncc(Cl)c(-c2c[nH]c3ccccc23)n1. The van der Waals surface area contributed by atoms with Crippen molar-refractivity contribution in [1.29, 1.82) is 0 Å². The van der Waals surface area contributed by atoms with E-state index in [1.807, 2.05) is 30.5 Å². The number of piperidine rings is 1. The highest BCUT2D eigenvalue weighted by molar-refractivity contribution is 6.33. The quantitative estimate of drug-likeness (QED) is 0.379. The maximum absolute atomic E-state index is 6.49. The van der Waals surface area contributed by atoms with Gasteiger partial charge in [0.2, 0.25) is 5.95 Å². The van der Waals surface area contributed by atoms with E-state index in [9.17, 15) is 0 Å². The van der Waals surface area contributed by atoms with Crippen LogP contribution in [-0.4, -0.2) is 60.2 Å². The molecule has 0 spiro atoms. The summed E-state index contributed by atoms with van der Waals surface area (Å²) in [6, 6.07) is 15.0. The highest BCUT2D eigenvalue weighted by atomic mass is 35.5. The van der Waals surface area contributed by atoms with Crippen LogP contribution in [0.25, 0.3) is 22.2 Å². The maximum Gasteiger partial charge on any atom is 0.227 e. The molecular weight excluding hydrogens is 448 g/mol. The van der Waals surface area contributed by atoms with Crippen LogP contribution >= 0.6 is 11.6 Å². The highest BCUT2D eigenvalue weighted by Gasteiger charge is 2.21. The van der Waals surface area contributed by atoms with Gasteiger partial charge >= 0.3 is 0 Å². The van der Waals surface area contributed by atoms with E-state index in [2.05, 4.69) is 57.4 Å². The fraction of sp³-hybridized carbons (Fsp3) is 0.308. The summed E-state index contributed by atoms with van der Waals surface area (Å²) in [6.07, 6.45) is 5.87. The van der Waals surface area contributed by atoms with Crippen LogP contribution in [0.4, 0.5) is 17.3 Å². The molecule has 1 saturated heterocycles. The van der Waals surface area contributed by atoms with Crippen LogP contribution in [-0.2, 0) is 0 Å². The molecule has 0 amide bonds. The number of benzene rings is 2. The largest absolute Gasteiger partial charge is 0.494 e. The van der Waals surface area contributed by atoms with Crippen molar-refractivity contribution in [2.75, 3.05) is 44.5 Å². The van der Waals surface area contributed by atoms with Crippen LogP contribution < -0.4 is 15.0 Å². The Bertz CT molecular complexity index is 1300. The first-order valence-electron chi connectivity index (χ1n) is 11.5. The van der Waals surface area contributed by atoms with Crippen LogP contribution in [0.1, 0.15) is 12.8 Å². The zero-order valence-electron chi connectivity index (χ0n) is 19.7. The lowest BCUT2D eigenvalue weighted by molar-refractivity contribution is 0.249. The van der Waals surface area contributed by atoms with Gasteiger partial charge in [0.1, 0.15) is 5.75 Å². The molecule has 5 rings (SSSR count). The lowest BCUT2D eigenvalue weighted by atomic mass is 10.0. The first-order valence-corrected chi connectivity index (χ1v) is 11.9. The number of halogens is 1. The van der Waals surface area contributed by atoms with E-state index in [0.717, 1.165) is 59.5 Å². The molecule has 2 aromatic carbocycles. The van der Waals surface area contributed by atoms with Gasteiger partial charge in [-0.05, 0) is 45.1 Å². The van der Waals surface area contributed by atoms with Gasteiger partial charge in [-0.3, -0.25) is 0 Å². The minimum atomic E-state index is 0.461. The van der Waals surface area contributed by atoms with Crippen LogP contribution in [0, 0.1) is 0 Å². The molecule has 1 aliphatic heterocycles.